The van der Waals surface area contributed by atoms with Crippen molar-refractivity contribution in [3.63, 3.8) is 0 Å². The van der Waals surface area contributed by atoms with Crippen molar-refractivity contribution in [1.29, 1.82) is 0 Å². The molecular formula is C19H23ClFN3O2. The molecule has 4 rings (SSSR count). The van der Waals surface area contributed by atoms with Crippen LogP contribution in [0.15, 0.2) is 18.2 Å². The number of halogens is 2. The summed E-state index contributed by atoms with van der Waals surface area (Å²) in [6.07, 6.45) is 4.35. The van der Waals surface area contributed by atoms with Crippen molar-refractivity contribution in [2.45, 2.75) is 56.8 Å². The molecule has 26 heavy (non-hydrogen) atoms. The fourth-order valence-electron chi connectivity index (χ4n) is 3.98. The predicted molar refractivity (Wildman–Crippen MR) is 96.1 cm³/mol. The third-order valence-electron chi connectivity index (χ3n) is 5.57. The van der Waals surface area contributed by atoms with Crippen molar-refractivity contribution in [3.05, 3.63) is 34.6 Å². The molecule has 3 aliphatic rings. The minimum absolute atomic E-state index is 0.0257. The molecule has 0 spiro atoms. The van der Waals surface area contributed by atoms with Gasteiger partial charge >= 0.3 is 0 Å². The van der Waals surface area contributed by atoms with Crippen molar-refractivity contribution in [1.82, 2.24) is 15.1 Å². The van der Waals surface area contributed by atoms with E-state index in [0.29, 0.717) is 23.6 Å². The minimum atomic E-state index is -0.400. The van der Waals surface area contributed by atoms with Crippen LogP contribution in [0.1, 0.15) is 37.7 Å². The highest BCUT2D eigenvalue weighted by molar-refractivity contribution is 6.31. The van der Waals surface area contributed by atoms with Gasteiger partial charge in [-0.25, -0.2) is 4.39 Å². The average Bonchev–Trinajstić information content (AvgIpc) is 3.35. The summed E-state index contributed by atoms with van der Waals surface area (Å²) in [5, 5.41) is 3.78. The second kappa shape index (κ2) is 7.16. The average molecular weight is 380 g/mol. The Balaban J connectivity index is 1.47. The molecule has 2 aliphatic heterocycles. The number of amides is 2. The maximum absolute atomic E-state index is 14.1. The van der Waals surface area contributed by atoms with Gasteiger partial charge in [-0.3, -0.25) is 9.59 Å². The zero-order valence-corrected chi connectivity index (χ0v) is 15.3. The zero-order valence-electron chi connectivity index (χ0n) is 14.6. The van der Waals surface area contributed by atoms with E-state index >= 15 is 0 Å². The molecule has 3 fully saturated rings. The summed E-state index contributed by atoms with van der Waals surface area (Å²) in [4.78, 5) is 28.7. The Bertz CT molecular complexity index is 704. The smallest absolute Gasteiger partial charge is 0.242 e. The van der Waals surface area contributed by atoms with Crippen LogP contribution in [0.25, 0.3) is 0 Å². The first-order valence-electron chi connectivity index (χ1n) is 9.27. The standard InChI is InChI=1S/C19H23ClFN3O2/c20-16-2-1-3-17(21)15(16)10-24(14-6-7-14)19(26)11-23-9-13-5-4-12(22-13)8-18(23)25/h1-3,12-14,22H,4-11H2. The Morgan fingerprint density at radius 1 is 1.27 bits per heavy atom. The van der Waals surface area contributed by atoms with Gasteiger partial charge in [-0.2, -0.15) is 0 Å². The molecule has 1 aliphatic carbocycles. The molecule has 0 radical (unpaired) electrons. The number of likely N-dealkylation sites (tertiary alicyclic amines) is 1. The third-order valence-corrected chi connectivity index (χ3v) is 5.93. The fraction of sp³-hybridized carbons (Fsp3) is 0.579. The van der Waals surface area contributed by atoms with Gasteiger partial charge in [0.15, 0.2) is 0 Å². The molecule has 5 nitrogen and oxygen atoms in total. The molecule has 2 bridgehead atoms. The van der Waals surface area contributed by atoms with Crippen LogP contribution in [0.3, 0.4) is 0 Å². The monoisotopic (exact) mass is 379 g/mol. The van der Waals surface area contributed by atoms with Crippen LogP contribution >= 0.6 is 11.6 Å². The van der Waals surface area contributed by atoms with Gasteiger partial charge in [-0.05, 0) is 37.8 Å². The van der Waals surface area contributed by atoms with E-state index in [0.717, 1.165) is 25.7 Å². The first-order valence-corrected chi connectivity index (χ1v) is 9.65. The van der Waals surface area contributed by atoms with Crippen molar-refractivity contribution in [2.75, 3.05) is 13.1 Å². The first kappa shape index (κ1) is 17.7. The molecule has 1 N–H and O–H groups in total. The normalized spacial score (nSPS) is 25.3. The van der Waals surface area contributed by atoms with E-state index < -0.39 is 5.82 Å². The van der Waals surface area contributed by atoms with Crippen molar-refractivity contribution in [2.24, 2.45) is 0 Å². The number of nitrogens with one attached hydrogen (secondary N) is 1. The topological polar surface area (TPSA) is 52.7 Å². The summed E-state index contributed by atoms with van der Waals surface area (Å²) < 4.78 is 14.1. The quantitative estimate of drug-likeness (QED) is 0.854. The van der Waals surface area contributed by atoms with Crippen LogP contribution < -0.4 is 5.32 Å². The summed E-state index contributed by atoms with van der Waals surface area (Å²) in [5.41, 5.74) is 0.345. The number of fused-ring (bicyclic) bond motifs is 2. The number of carbonyl (C=O) groups excluding carboxylic acids is 2. The Morgan fingerprint density at radius 2 is 2.04 bits per heavy atom. The van der Waals surface area contributed by atoms with Crippen molar-refractivity contribution in [3.8, 4) is 0 Å². The zero-order chi connectivity index (χ0) is 18.3. The van der Waals surface area contributed by atoms with Crippen molar-refractivity contribution >= 4 is 23.4 Å². The summed E-state index contributed by atoms with van der Waals surface area (Å²) in [6, 6.07) is 5.18. The lowest BCUT2D eigenvalue weighted by atomic mass is 10.1. The number of nitrogens with zero attached hydrogens (tertiary/aromatic N) is 2. The molecule has 2 amide bonds. The van der Waals surface area contributed by atoms with E-state index in [2.05, 4.69) is 5.32 Å². The molecule has 1 aromatic rings. The minimum Gasteiger partial charge on any atom is -0.334 e. The molecule has 0 aromatic heterocycles. The maximum atomic E-state index is 14.1. The summed E-state index contributed by atoms with van der Waals surface area (Å²) in [6.45, 7) is 0.785. The SMILES string of the molecule is O=C1CC2CCC(CN1CC(=O)N(Cc1c(F)cccc1Cl)C1CC1)N2. The van der Waals surface area contributed by atoms with Crippen molar-refractivity contribution < 1.29 is 14.0 Å². The lowest BCUT2D eigenvalue weighted by molar-refractivity contribution is -0.141. The largest absolute Gasteiger partial charge is 0.334 e. The first-order chi connectivity index (χ1) is 12.5. The van der Waals surface area contributed by atoms with Gasteiger partial charge < -0.3 is 15.1 Å². The second-order valence-corrected chi connectivity index (χ2v) is 7.98. The molecular weight excluding hydrogens is 357 g/mol. The Labute approximate surface area is 157 Å². The summed E-state index contributed by atoms with van der Waals surface area (Å²) >= 11 is 6.13. The van der Waals surface area contributed by atoms with Gasteiger partial charge in [0.25, 0.3) is 0 Å². The van der Waals surface area contributed by atoms with Gasteiger partial charge in [0.2, 0.25) is 11.8 Å². The Morgan fingerprint density at radius 3 is 2.77 bits per heavy atom. The third kappa shape index (κ3) is 3.71. The van der Waals surface area contributed by atoms with Crippen LogP contribution in [-0.4, -0.2) is 52.8 Å². The highest BCUT2D eigenvalue weighted by Crippen LogP contribution is 2.31. The molecule has 2 unspecified atom stereocenters. The maximum Gasteiger partial charge on any atom is 0.242 e. The van der Waals surface area contributed by atoms with Gasteiger partial charge in [-0.1, -0.05) is 17.7 Å². The number of hydrogen-bond donors (Lipinski definition) is 1. The van der Waals surface area contributed by atoms with E-state index in [1.807, 2.05) is 0 Å². The molecule has 7 heteroatoms. The number of rotatable bonds is 5. The lowest BCUT2D eigenvalue weighted by Crippen LogP contribution is -2.46. The van der Waals surface area contributed by atoms with E-state index in [1.54, 1.807) is 21.9 Å². The highest BCUT2D eigenvalue weighted by Gasteiger charge is 2.37. The number of benzene rings is 1. The Kier molecular flexibility index (Phi) is 4.88. The second-order valence-electron chi connectivity index (χ2n) is 7.57. The predicted octanol–water partition coefficient (Wildman–Crippen LogP) is 2.32. The molecule has 2 saturated heterocycles. The molecule has 1 aromatic carbocycles. The molecule has 140 valence electrons. The molecule has 1 saturated carbocycles. The van der Waals surface area contributed by atoms with Gasteiger partial charge in [0.05, 0.1) is 13.1 Å². The van der Waals surface area contributed by atoms with Crippen LogP contribution in [0.2, 0.25) is 5.02 Å². The molecule has 2 heterocycles. The highest BCUT2D eigenvalue weighted by atomic mass is 35.5. The molecule has 2 atom stereocenters. The van der Waals surface area contributed by atoms with E-state index in [9.17, 15) is 14.0 Å². The van der Waals surface area contributed by atoms with Crippen LogP contribution in [0.4, 0.5) is 4.39 Å². The number of carbonyl (C=O) groups is 2. The van der Waals surface area contributed by atoms with Gasteiger partial charge in [0.1, 0.15) is 5.82 Å². The van der Waals surface area contributed by atoms with E-state index in [1.165, 1.54) is 6.07 Å². The van der Waals surface area contributed by atoms with E-state index in [-0.39, 0.29) is 43.0 Å². The fourth-order valence-corrected chi connectivity index (χ4v) is 4.21. The van der Waals surface area contributed by atoms with Crippen LogP contribution in [0.5, 0.6) is 0 Å². The Hall–Kier alpha value is -1.66. The van der Waals surface area contributed by atoms with E-state index in [4.69, 9.17) is 11.6 Å². The van der Waals surface area contributed by atoms with Crippen LogP contribution in [0, 0.1) is 5.82 Å². The summed E-state index contributed by atoms with van der Waals surface area (Å²) in [7, 11) is 0. The van der Waals surface area contributed by atoms with Crippen LogP contribution in [-0.2, 0) is 16.1 Å². The van der Waals surface area contributed by atoms with Gasteiger partial charge in [0, 0.05) is 41.7 Å². The summed E-state index contributed by atoms with van der Waals surface area (Å²) in [5.74, 6) is -0.501. The number of hydrogen-bond acceptors (Lipinski definition) is 3. The lowest BCUT2D eigenvalue weighted by Gasteiger charge is -2.29. The van der Waals surface area contributed by atoms with Gasteiger partial charge in [-0.15, -0.1) is 0 Å².